The van der Waals surface area contributed by atoms with Crippen molar-refractivity contribution in [3.8, 4) is 5.75 Å². The van der Waals surface area contributed by atoms with Crippen molar-refractivity contribution < 1.29 is 19.1 Å². The highest BCUT2D eigenvalue weighted by Crippen LogP contribution is 2.23. The number of amides is 2. The highest BCUT2D eigenvalue weighted by Gasteiger charge is 2.18. The van der Waals surface area contributed by atoms with Crippen molar-refractivity contribution in [1.82, 2.24) is 5.32 Å². The van der Waals surface area contributed by atoms with Crippen LogP contribution in [-0.2, 0) is 14.3 Å². The summed E-state index contributed by atoms with van der Waals surface area (Å²) in [6, 6.07) is 8.88. The van der Waals surface area contributed by atoms with Gasteiger partial charge >= 0.3 is 11.8 Å². The molecular weight excluding hydrogens is 328 g/mol. The van der Waals surface area contributed by atoms with E-state index in [2.05, 4.69) is 10.6 Å². The first-order chi connectivity index (χ1) is 11.7. The van der Waals surface area contributed by atoms with Gasteiger partial charge in [-0.05, 0) is 41.4 Å². The maximum Gasteiger partial charge on any atom is 0.313 e. The van der Waals surface area contributed by atoms with Crippen LogP contribution in [0, 0.1) is 0 Å². The number of hydrogen-bond donors (Lipinski definition) is 2. The number of ether oxygens (including phenoxy) is 2. The van der Waals surface area contributed by atoms with Gasteiger partial charge in [0.25, 0.3) is 0 Å². The van der Waals surface area contributed by atoms with Gasteiger partial charge in [0.15, 0.2) is 0 Å². The van der Waals surface area contributed by atoms with Gasteiger partial charge in [0.05, 0.1) is 12.3 Å². The van der Waals surface area contributed by atoms with Crippen LogP contribution in [0.1, 0.15) is 18.6 Å². The van der Waals surface area contributed by atoms with Gasteiger partial charge in [0.1, 0.15) is 11.9 Å². The Morgan fingerprint density at radius 2 is 2.00 bits per heavy atom. The van der Waals surface area contributed by atoms with Crippen LogP contribution in [0.25, 0.3) is 0 Å². The molecule has 1 unspecified atom stereocenters. The first-order valence-corrected chi connectivity index (χ1v) is 8.45. The second kappa shape index (κ2) is 9.05. The Bertz CT molecular complexity index is 673. The Hall–Kier alpha value is -2.38. The summed E-state index contributed by atoms with van der Waals surface area (Å²) in [7, 11) is 1.56. The summed E-state index contributed by atoms with van der Waals surface area (Å²) in [4.78, 5) is 24.0. The second-order valence-corrected chi connectivity index (χ2v) is 5.65. The van der Waals surface area contributed by atoms with E-state index in [-0.39, 0.29) is 12.6 Å². The van der Waals surface area contributed by atoms with Crippen LogP contribution in [0.3, 0.4) is 0 Å². The molecule has 7 heteroatoms. The van der Waals surface area contributed by atoms with Gasteiger partial charge in [-0.3, -0.25) is 9.59 Å². The molecule has 0 fully saturated rings. The van der Waals surface area contributed by atoms with Crippen molar-refractivity contribution in [2.45, 2.75) is 13.0 Å². The number of rotatable bonds is 7. The molecule has 24 heavy (non-hydrogen) atoms. The quantitative estimate of drug-likeness (QED) is 0.754. The molecule has 0 saturated heterocycles. The number of nitrogens with one attached hydrogen (secondary N) is 2. The molecule has 6 nitrogen and oxygen atoms in total. The summed E-state index contributed by atoms with van der Waals surface area (Å²) in [6.45, 7) is 2.53. The maximum absolute atomic E-state index is 12.0. The predicted molar refractivity (Wildman–Crippen MR) is 93.3 cm³/mol. The Balaban J connectivity index is 1.92. The fourth-order valence-electron chi connectivity index (χ4n) is 2.09. The van der Waals surface area contributed by atoms with Crippen molar-refractivity contribution in [3.63, 3.8) is 0 Å². The van der Waals surface area contributed by atoms with Gasteiger partial charge in [0.2, 0.25) is 0 Å². The lowest BCUT2D eigenvalue weighted by molar-refractivity contribution is -0.136. The molecule has 1 aromatic heterocycles. The topological polar surface area (TPSA) is 76.7 Å². The van der Waals surface area contributed by atoms with Gasteiger partial charge in [-0.2, -0.15) is 11.3 Å². The van der Waals surface area contributed by atoms with Crippen molar-refractivity contribution in [2.24, 2.45) is 0 Å². The van der Waals surface area contributed by atoms with Gasteiger partial charge in [-0.15, -0.1) is 0 Å². The molecule has 0 bridgehead atoms. The summed E-state index contributed by atoms with van der Waals surface area (Å²) >= 11 is 1.55. The fourth-order valence-corrected chi connectivity index (χ4v) is 2.79. The predicted octanol–water partition coefficient (Wildman–Crippen LogP) is 2.59. The summed E-state index contributed by atoms with van der Waals surface area (Å²) in [5, 5.41) is 9.01. The van der Waals surface area contributed by atoms with Crippen LogP contribution in [0.15, 0.2) is 41.1 Å². The molecule has 128 valence electrons. The van der Waals surface area contributed by atoms with Crippen molar-refractivity contribution in [1.29, 1.82) is 0 Å². The zero-order valence-electron chi connectivity index (χ0n) is 13.6. The maximum atomic E-state index is 12.0. The Morgan fingerprint density at radius 3 is 2.67 bits per heavy atom. The molecule has 0 radical (unpaired) electrons. The van der Waals surface area contributed by atoms with E-state index in [0.717, 1.165) is 5.56 Å². The standard InChI is InChI=1S/C17H20N2O4S/c1-3-23-14-7-5-4-6-13(14)19-17(21)16(20)18-10-15(22-2)12-8-9-24-11-12/h4-9,11,15H,3,10H2,1-2H3,(H,18,20)(H,19,21). The fraction of sp³-hybridized carbons (Fsp3) is 0.294. The smallest absolute Gasteiger partial charge is 0.313 e. The third kappa shape index (κ3) is 4.81. The number of thiophene rings is 1. The number of benzene rings is 1. The van der Waals surface area contributed by atoms with Crippen LogP contribution >= 0.6 is 11.3 Å². The minimum absolute atomic E-state index is 0.215. The molecule has 2 N–H and O–H groups in total. The van der Waals surface area contributed by atoms with E-state index in [0.29, 0.717) is 18.0 Å². The zero-order chi connectivity index (χ0) is 17.4. The molecular formula is C17H20N2O4S. The molecule has 1 aromatic carbocycles. The van der Waals surface area contributed by atoms with Crippen LogP contribution in [0.4, 0.5) is 5.69 Å². The van der Waals surface area contributed by atoms with E-state index in [1.807, 2.05) is 23.8 Å². The third-order valence-electron chi connectivity index (χ3n) is 3.29. The molecule has 1 atom stereocenters. The van der Waals surface area contributed by atoms with E-state index < -0.39 is 11.8 Å². The third-order valence-corrected chi connectivity index (χ3v) is 3.99. The zero-order valence-corrected chi connectivity index (χ0v) is 14.4. The molecule has 0 aliphatic heterocycles. The number of carbonyl (C=O) groups excluding carboxylic acids is 2. The lowest BCUT2D eigenvalue weighted by Gasteiger charge is -2.15. The normalized spacial score (nSPS) is 11.6. The molecule has 2 amide bonds. The van der Waals surface area contributed by atoms with Crippen molar-refractivity contribution in [3.05, 3.63) is 46.7 Å². The van der Waals surface area contributed by atoms with Gasteiger partial charge in [0, 0.05) is 13.7 Å². The van der Waals surface area contributed by atoms with E-state index in [1.54, 1.807) is 42.7 Å². The minimum Gasteiger partial charge on any atom is -0.492 e. The Kier molecular flexibility index (Phi) is 6.77. The van der Waals surface area contributed by atoms with Crippen LogP contribution in [0.5, 0.6) is 5.75 Å². The molecule has 2 aromatic rings. The molecule has 0 saturated carbocycles. The number of methoxy groups -OCH3 is 1. The number of anilines is 1. The van der Waals surface area contributed by atoms with Gasteiger partial charge in [-0.1, -0.05) is 12.1 Å². The van der Waals surface area contributed by atoms with E-state index >= 15 is 0 Å². The average Bonchev–Trinajstić information content (AvgIpc) is 3.11. The number of carbonyl (C=O) groups is 2. The number of hydrogen-bond acceptors (Lipinski definition) is 5. The molecule has 2 rings (SSSR count). The molecule has 0 aliphatic rings. The lowest BCUT2D eigenvalue weighted by Crippen LogP contribution is -2.38. The highest BCUT2D eigenvalue weighted by molar-refractivity contribution is 7.07. The van der Waals surface area contributed by atoms with Crippen LogP contribution < -0.4 is 15.4 Å². The van der Waals surface area contributed by atoms with E-state index in [9.17, 15) is 9.59 Å². The van der Waals surface area contributed by atoms with Gasteiger partial charge in [-0.25, -0.2) is 0 Å². The van der Waals surface area contributed by atoms with Gasteiger partial charge < -0.3 is 20.1 Å². The molecule has 0 spiro atoms. The monoisotopic (exact) mass is 348 g/mol. The second-order valence-electron chi connectivity index (χ2n) is 4.87. The van der Waals surface area contributed by atoms with Crippen LogP contribution in [-0.4, -0.2) is 32.1 Å². The minimum atomic E-state index is -0.748. The summed E-state index contributed by atoms with van der Waals surface area (Å²) < 4.78 is 10.8. The summed E-state index contributed by atoms with van der Waals surface area (Å²) in [6.07, 6.45) is -0.288. The molecule has 0 aliphatic carbocycles. The van der Waals surface area contributed by atoms with Crippen molar-refractivity contribution in [2.75, 3.05) is 25.6 Å². The molecule has 1 heterocycles. The SMILES string of the molecule is CCOc1ccccc1NC(=O)C(=O)NCC(OC)c1ccsc1. The van der Waals surface area contributed by atoms with Crippen LogP contribution in [0.2, 0.25) is 0 Å². The Morgan fingerprint density at radius 1 is 1.21 bits per heavy atom. The summed E-state index contributed by atoms with van der Waals surface area (Å²) in [5.41, 5.74) is 1.42. The van der Waals surface area contributed by atoms with E-state index in [1.165, 1.54) is 0 Å². The van der Waals surface area contributed by atoms with Crippen molar-refractivity contribution >= 4 is 28.8 Å². The highest BCUT2D eigenvalue weighted by atomic mass is 32.1. The summed E-state index contributed by atoms with van der Waals surface area (Å²) in [5.74, 6) is -0.949. The Labute approximate surface area is 144 Å². The number of para-hydroxylation sites is 2. The van der Waals surface area contributed by atoms with E-state index in [4.69, 9.17) is 9.47 Å². The lowest BCUT2D eigenvalue weighted by atomic mass is 10.2. The first-order valence-electron chi connectivity index (χ1n) is 7.51. The largest absolute Gasteiger partial charge is 0.492 e. The average molecular weight is 348 g/mol. The first kappa shape index (κ1) is 18.0.